The number of thioether (sulfide) groups is 1. The molecule has 1 N–H and O–H groups in total. The maximum Gasteiger partial charge on any atom is 0.295 e. The highest BCUT2D eigenvalue weighted by Crippen LogP contribution is 2.36. The van der Waals surface area contributed by atoms with Crippen molar-refractivity contribution in [3.05, 3.63) is 56.9 Å². The molecule has 0 radical (unpaired) electrons. The van der Waals surface area contributed by atoms with E-state index in [1.54, 1.807) is 42.5 Å². The van der Waals surface area contributed by atoms with E-state index in [0.29, 0.717) is 32.1 Å². The number of ether oxygens (including phenoxy) is 2. The predicted molar refractivity (Wildman–Crippen MR) is 105 cm³/mol. The van der Waals surface area contributed by atoms with Crippen LogP contribution >= 0.6 is 35.0 Å². The minimum absolute atomic E-state index is 0.0289. The fraction of sp³-hybridized carbons (Fsp3) is 0.111. The topological polar surface area (TPSA) is 67.9 Å². The Bertz CT molecular complexity index is 980. The third kappa shape index (κ3) is 3.71. The van der Waals surface area contributed by atoms with E-state index in [1.165, 1.54) is 0 Å². The number of carbonyl (C=O) groups is 2. The molecule has 0 atom stereocenters. The number of imide groups is 1. The number of amides is 2. The van der Waals surface area contributed by atoms with Gasteiger partial charge in [0.1, 0.15) is 0 Å². The molecule has 2 aromatic carbocycles. The molecular weight excluding hydrogens is 411 g/mol. The lowest BCUT2D eigenvalue weighted by Crippen LogP contribution is -2.33. The van der Waals surface area contributed by atoms with Gasteiger partial charge in [-0.25, -0.2) is 0 Å². The third-order valence-corrected chi connectivity index (χ3v) is 5.58. The van der Waals surface area contributed by atoms with Crippen molar-refractivity contribution < 1.29 is 19.1 Å². The lowest BCUT2D eigenvalue weighted by Gasteiger charge is -2.14. The van der Waals surface area contributed by atoms with Crippen molar-refractivity contribution in [2.75, 3.05) is 18.8 Å². The minimum Gasteiger partial charge on any atom is -0.454 e. The first-order valence-electron chi connectivity index (χ1n) is 7.85. The maximum absolute atomic E-state index is 12.6. The zero-order valence-electron chi connectivity index (χ0n) is 13.7. The molecule has 9 heteroatoms. The van der Waals surface area contributed by atoms with Crippen LogP contribution < -0.4 is 14.8 Å². The van der Waals surface area contributed by atoms with Gasteiger partial charge in [0, 0.05) is 5.69 Å². The first kappa shape index (κ1) is 18.0. The van der Waals surface area contributed by atoms with Crippen LogP contribution in [0.15, 0.2) is 41.3 Å². The van der Waals surface area contributed by atoms with Crippen LogP contribution in [0.1, 0.15) is 5.56 Å². The van der Waals surface area contributed by atoms with Gasteiger partial charge in [-0.05, 0) is 53.7 Å². The van der Waals surface area contributed by atoms with Gasteiger partial charge in [-0.1, -0.05) is 29.3 Å². The van der Waals surface area contributed by atoms with E-state index in [2.05, 4.69) is 5.32 Å². The Morgan fingerprint density at radius 3 is 2.70 bits per heavy atom. The van der Waals surface area contributed by atoms with Crippen LogP contribution in [0.5, 0.6) is 11.5 Å². The molecule has 0 unspecified atom stereocenters. The summed E-state index contributed by atoms with van der Waals surface area (Å²) in [4.78, 5) is 26.3. The number of rotatable bonds is 4. The molecule has 6 nitrogen and oxygen atoms in total. The van der Waals surface area contributed by atoms with E-state index >= 15 is 0 Å². The number of anilines is 1. The van der Waals surface area contributed by atoms with Crippen molar-refractivity contribution in [1.29, 1.82) is 0 Å². The van der Waals surface area contributed by atoms with Gasteiger partial charge < -0.3 is 14.8 Å². The zero-order chi connectivity index (χ0) is 19.0. The second-order valence-electron chi connectivity index (χ2n) is 5.69. The Labute approximate surface area is 169 Å². The third-order valence-electron chi connectivity index (χ3n) is 3.93. The Morgan fingerprint density at radius 1 is 1.07 bits per heavy atom. The number of fused-ring (bicyclic) bond motifs is 1. The van der Waals surface area contributed by atoms with Gasteiger partial charge in [-0.3, -0.25) is 14.5 Å². The molecule has 0 aromatic heterocycles. The van der Waals surface area contributed by atoms with Gasteiger partial charge in [0.15, 0.2) is 11.5 Å². The molecule has 27 heavy (non-hydrogen) atoms. The lowest BCUT2D eigenvalue weighted by molar-refractivity contribution is -0.122. The monoisotopic (exact) mass is 422 g/mol. The quantitative estimate of drug-likeness (QED) is 0.711. The molecule has 0 aliphatic carbocycles. The summed E-state index contributed by atoms with van der Waals surface area (Å²) in [6, 6.07) is 10.3. The predicted octanol–water partition coefficient (Wildman–Crippen LogP) is 4.83. The highest BCUT2D eigenvalue weighted by Gasteiger charge is 2.34. The molecule has 1 fully saturated rings. The van der Waals surface area contributed by atoms with Crippen LogP contribution in [0.4, 0.5) is 10.5 Å². The molecule has 2 aliphatic heterocycles. The fourth-order valence-electron chi connectivity index (χ4n) is 2.57. The maximum atomic E-state index is 12.6. The second-order valence-corrected chi connectivity index (χ2v) is 7.49. The molecule has 0 spiro atoms. The van der Waals surface area contributed by atoms with Gasteiger partial charge in [-0.15, -0.1) is 0 Å². The van der Waals surface area contributed by atoms with Gasteiger partial charge in [0.25, 0.3) is 11.1 Å². The van der Waals surface area contributed by atoms with Crippen LogP contribution in [0.3, 0.4) is 0 Å². The van der Waals surface area contributed by atoms with E-state index in [0.717, 1.165) is 22.2 Å². The molecular formula is C18H12Cl2N2O4S. The van der Waals surface area contributed by atoms with Crippen molar-refractivity contribution in [1.82, 2.24) is 4.90 Å². The summed E-state index contributed by atoms with van der Waals surface area (Å²) in [5, 5.41) is 3.47. The Kier molecular flexibility index (Phi) is 4.90. The van der Waals surface area contributed by atoms with Crippen molar-refractivity contribution in [2.45, 2.75) is 0 Å². The molecule has 2 aromatic rings. The number of benzene rings is 2. The van der Waals surface area contributed by atoms with Gasteiger partial charge in [-0.2, -0.15) is 0 Å². The molecule has 2 aliphatic rings. The largest absolute Gasteiger partial charge is 0.454 e. The number of carbonyl (C=O) groups excluding carboxylic acids is 2. The average molecular weight is 423 g/mol. The standard InChI is InChI=1S/C18H12Cl2N2O4S/c19-12-3-2-11(7-13(12)20)21-8-22-17(23)16(27-18(22)24)6-10-1-4-14-15(5-10)26-9-25-14/h1-7,21H,8-9H2/b16-6+. The molecule has 0 saturated carbocycles. The van der Waals surface area contributed by atoms with Crippen molar-refractivity contribution in [3.8, 4) is 11.5 Å². The number of nitrogens with one attached hydrogen (secondary N) is 1. The van der Waals surface area contributed by atoms with Crippen LogP contribution in [0.2, 0.25) is 10.0 Å². The summed E-state index contributed by atoms with van der Waals surface area (Å²) in [6.45, 7) is 0.205. The molecule has 2 amide bonds. The second kappa shape index (κ2) is 7.34. The van der Waals surface area contributed by atoms with E-state index in [4.69, 9.17) is 32.7 Å². The van der Waals surface area contributed by atoms with Gasteiger partial charge >= 0.3 is 0 Å². The Hall–Kier alpha value is -2.35. The minimum atomic E-state index is -0.366. The highest BCUT2D eigenvalue weighted by atomic mass is 35.5. The lowest BCUT2D eigenvalue weighted by atomic mass is 10.2. The molecule has 4 rings (SSSR count). The molecule has 1 saturated heterocycles. The van der Waals surface area contributed by atoms with E-state index in [9.17, 15) is 9.59 Å². The average Bonchev–Trinajstić information content (AvgIpc) is 3.21. The van der Waals surface area contributed by atoms with Crippen LogP contribution in [0, 0.1) is 0 Å². The number of hydrogen-bond donors (Lipinski definition) is 1. The van der Waals surface area contributed by atoms with Crippen LogP contribution in [-0.4, -0.2) is 29.5 Å². The van der Waals surface area contributed by atoms with Gasteiger partial charge in [0.05, 0.1) is 21.6 Å². The van der Waals surface area contributed by atoms with Crippen molar-refractivity contribution in [2.24, 2.45) is 0 Å². The number of nitrogens with zero attached hydrogens (tertiary/aromatic N) is 1. The molecule has 0 bridgehead atoms. The van der Waals surface area contributed by atoms with E-state index in [1.807, 2.05) is 0 Å². The van der Waals surface area contributed by atoms with Crippen LogP contribution in [-0.2, 0) is 4.79 Å². The highest BCUT2D eigenvalue weighted by molar-refractivity contribution is 8.18. The summed E-state index contributed by atoms with van der Waals surface area (Å²) in [5.74, 6) is 0.908. The van der Waals surface area contributed by atoms with E-state index in [-0.39, 0.29) is 24.6 Å². The zero-order valence-corrected chi connectivity index (χ0v) is 16.0. The SMILES string of the molecule is O=C1S/C(=C/c2ccc3c(c2)OCO3)C(=O)N1CNc1ccc(Cl)c(Cl)c1. The number of hydrogen-bond acceptors (Lipinski definition) is 6. The first-order valence-corrected chi connectivity index (χ1v) is 9.42. The Morgan fingerprint density at radius 2 is 1.89 bits per heavy atom. The number of halogens is 2. The smallest absolute Gasteiger partial charge is 0.295 e. The van der Waals surface area contributed by atoms with E-state index < -0.39 is 0 Å². The van der Waals surface area contributed by atoms with Crippen molar-refractivity contribution in [3.63, 3.8) is 0 Å². The molecule has 138 valence electrons. The fourth-order valence-corrected chi connectivity index (χ4v) is 3.70. The summed E-state index contributed by atoms with van der Waals surface area (Å²) in [6.07, 6.45) is 1.66. The van der Waals surface area contributed by atoms with Crippen molar-refractivity contribution >= 4 is 57.9 Å². The van der Waals surface area contributed by atoms with Gasteiger partial charge in [0.2, 0.25) is 6.79 Å². The normalized spacial score (nSPS) is 17.1. The van der Waals surface area contributed by atoms with Crippen LogP contribution in [0.25, 0.3) is 6.08 Å². The summed E-state index contributed by atoms with van der Waals surface area (Å²) in [7, 11) is 0. The summed E-state index contributed by atoms with van der Waals surface area (Å²) in [5.41, 5.74) is 1.41. The summed E-state index contributed by atoms with van der Waals surface area (Å²) >= 11 is 12.7. The first-order chi connectivity index (χ1) is 13.0. The Balaban J connectivity index is 1.47. The molecule has 2 heterocycles. The summed E-state index contributed by atoms with van der Waals surface area (Å²) < 4.78 is 10.6.